The minimum absolute atomic E-state index is 0.0144. The lowest BCUT2D eigenvalue weighted by atomic mass is 9.78. The van der Waals surface area contributed by atoms with Gasteiger partial charge in [0.25, 0.3) is 0 Å². The average molecular weight is 489 g/mol. The summed E-state index contributed by atoms with van der Waals surface area (Å²) in [6, 6.07) is 5.47. The first kappa shape index (κ1) is 23.9. The second kappa shape index (κ2) is 10.0. The first-order valence-electron chi connectivity index (χ1n) is 12.2. The molecule has 1 spiro atoms. The molecule has 8 nitrogen and oxygen atoms in total. The maximum Gasteiger partial charge on any atom is 0.227 e. The Kier molecular flexibility index (Phi) is 6.84. The van der Waals surface area contributed by atoms with Crippen molar-refractivity contribution in [1.29, 1.82) is 0 Å². The molecule has 1 aromatic heterocycles. The Morgan fingerprint density at radius 1 is 1.09 bits per heavy atom. The van der Waals surface area contributed by atoms with Gasteiger partial charge < -0.3 is 24.4 Å². The van der Waals surface area contributed by atoms with E-state index in [1.807, 2.05) is 0 Å². The first-order chi connectivity index (χ1) is 17.0. The van der Waals surface area contributed by atoms with E-state index in [2.05, 4.69) is 14.9 Å². The molecule has 3 aliphatic rings. The topological polar surface area (TPSA) is 88.0 Å². The van der Waals surface area contributed by atoms with Gasteiger partial charge in [0.15, 0.2) is 17.5 Å². The number of carbonyl (C=O) groups is 1. The van der Waals surface area contributed by atoms with Crippen molar-refractivity contribution in [3.8, 4) is 5.88 Å². The van der Waals surface area contributed by atoms with Crippen LogP contribution in [0.2, 0.25) is 0 Å². The lowest BCUT2D eigenvalue weighted by Gasteiger charge is -2.51. The summed E-state index contributed by atoms with van der Waals surface area (Å²) in [6.07, 6.45) is 4.86. The Labute approximate surface area is 202 Å². The maximum atomic E-state index is 14.0. The van der Waals surface area contributed by atoms with E-state index in [4.69, 9.17) is 9.47 Å². The second-order valence-electron chi connectivity index (χ2n) is 9.46. The molecular formula is C25H30F2N4O4. The summed E-state index contributed by atoms with van der Waals surface area (Å²) >= 11 is 0. The van der Waals surface area contributed by atoms with Crippen LogP contribution < -0.4 is 14.5 Å². The van der Waals surface area contributed by atoms with E-state index in [0.29, 0.717) is 68.8 Å². The molecule has 4 heterocycles. The molecule has 0 radical (unpaired) electrons. The number of rotatable bonds is 5. The van der Waals surface area contributed by atoms with E-state index in [9.17, 15) is 18.7 Å². The number of hydrogen-bond donors (Lipinski definition) is 1. The van der Waals surface area contributed by atoms with Crippen LogP contribution in [-0.4, -0.2) is 58.9 Å². The van der Waals surface area contributed by atoms with Gasteiger partial charge in [-0.15, -0.1) is 0 Å². The van der Waals surface area contributed by atoms with Crippen LogP contribution >= 0.6 is 0 Å². The molecule has 35 heavy (non-hydrogen) atoms. The van der Waals surface area contributed by atoms with Crippen LogP contribution in [0.5, 0.6) is 5.88 Å². The number of anilines is 2. The van der Waals surface area contributed by atoms with Gasteiger partial charge in [0, 0.05) is 50.2 Å². The fourth-order valence-corrected chi connectivity index (χ4v) is 5.44. The Hall–Kier alpha value is -2.85. The van der Waals surface area contributed by atoms with Gasteiger partial charge >= 0.3 is 0 Å². The molecule has 5 rings (SSSR count). The molecule has 3 aliphatic heterocycles. The fourth-order valence-electron chi connectivity index (χ4n) is 5.44. The van der Waals surface area contributed by atoms with E-state index in [0.717, 1.165) is 37.8 Å². The van der Waals surface area contributed by atoms with Crippen molar-refractivity contribution < 1.29 is 28.2 Å². The first-order valence-corrected chi connectivity index (χ1v) is 12.2. The number of hydrogen-bond acceptors (Lipinski definition) is 7. The zero-order valence-electron chi connectivity index (χ0n) is 19.6. The van der Waals surface area contributed by atoms with Gasteiger partial charge in [-0.2, -0.15) is 4.98 Å². The van der Waals surface area contributed by atoms with Crippen LogP contribution in [0.4, 0.5) is 20.3 Å². The van der Waals surface area contributed by atoms with Gasteiger partial charge in [-0.25, -0.2) is 13.8 Å². The number of amides is 1. The van der Waals surface area contributed by atoms with Crippen molar-refractivity contribution >= 4 is 17.4 Å². The Balaban J connectivity index is 1.35. The van der Waals surface area contributed by atoms with E-state index in [1.165, 1.54) is 6.07 Å². The molecule has 0 atom stereocenters. The van der Waals surface area contributed by atoms with Crippen molar-refractivity contribution in [2.24, 2.45) is 0 Å². The van der Waals surface area contributed by atoms with Crippen LogP contribution in [0.15, 0.2) is 24.3 Å². The number of piperidine rings is 2. The van der Waals surface area contributed by atoms with Crippen molar-refractivity contribution in [3.05, 3.63) is 41.7 Å². The number of benzene rings is 1. The Morgan fingerprint density at radius 2 is 1.86 bits per heavy atom. The monoisotopic (exact) mass is 488 g/mol. The third-order valence-electron chi connectivity index (χ3n) is 7.27. The van der Waals surface area contributed by atoms with Crippen molar-refractivity contribution in [3.63, 3.8) is 0 Å². The van der Waals surface area contributed by atoms with Crippen LogP contribution in [-0.2, 0) is 16.1 Å². The SMILES string of the molecule is O=C1CCCC2(CCN(c3cc(OC4CCOCC4)nc(CO)n3)CC2)N1c1ccc(F)c(F)c1. The smallest absolute Gasteiger partial charge is 0.227 e. The summed E-state index contributed by atoms with van der Waals surface area (Å²) in [5.41, 5.74) is -0.0523. The summed E-state index contributed by atoms with van der Waals surface area (Å²) in [7, 11) is 0. The standard InChI is InChI=1S/C25H30F2N4O4/c26-19-4-3-17(14-20(19)27)31-24(33)2-1-7-25(31)8-10-30(11-9-25)22-15-23(29-21(16-32)28-22)35-18-5-12-34-13-6-18/h3-4,14-15,18,32H,1-2,5-13,16H2. The zero-order valence-corrected chi connectivity index (χ0v) is 19.6. The molecule has 188 valence electrons. The number of aliphatic hydroxyl groups excluding tert-OH is 1. The third-order valence-corrected chi connectivity index (χ3v) is 7.27. The maximum absolute atomic E-state index is 14.0. The number of ether oxygens (including phenoxy) is 2. The van der Waals surface area contributed by atoms with Crippen LogP contribution in [0.25, 0.3) is 0 Å². The predicted octanol–water partition coefficient (Wildman–Crippen LogP) is 3.36. The van der Waals surface area contributed by atoms with E-state index < -0.39 is 17.2 Å². The minimum Gasteiger partial charge on any atom is -0.474 e. The predicted molar refractivity (Wildman–Crippen MR) is 124 cm³/mol. The molecule has 3 fully saturated rings. The van der Waals surface area contributed by atoms with Gasteiger partial charge in [0.05, 0.1) is 18.8 Å². The normalized spacial score (nSPS) is 20.9. The van der Waals surface area contributed by atoms with Crippen LogP contribution in [0.1, 0.15) is 50.8 Å². The average Bonchev–Trinajstić information content (AvgIpc) is 2.87. The second-order valence-corrected chi connectivity index (χ2v) is 9.46. The highest BCUT2D eigenvalue weighted by molar-refractivity contribution is 5.95. The highest BCUT2D eigenvalue weighted by Gasteiger charge is 2.45. The van der Waals surface area contributed by atoms with Crippen molar-refractivity contribution in [2.75, 3.05) is 36.1 Å². The van der Waals surface area contributed by atoms with Crippen LogP contribution in [0.3, 0.4) is 0 Å². The number of carbonyl (C=O) groups excluding carboxylic acids is 1. The minimum atomic E-state index is -0.956. The Bertz CT molecular complexity index is 1070. The third kappa shape index (κ3) is 4.95. The molecule has 0 bridgehead atoms. The van der Waals surface area contributed by atoms with Crippen molar-refractivity contribution in [2.45, 2.75) is 63.2 Å². The lowest BCUT2D eigenvalue weighted by molar-refractivity contribution is -0.121. The quantitative estimate of drug-likeness (QED) is 0.691. The molecule has 0 aliphatic carbocycles. The van der Waals surface area contributed by atoms with Gasteiger partial charge in [0.1, 0.15) is 18.5 Å². The van der Waals surface area contributed by atoms with E-state index >= 15 is 0 Å². The van der Waals surface area contributed by atoms with Crippen molar-refractivity contribution in [1.82, 2.24) is 9.97 Å². The number of nitrogens with zero attached hydrogens (tertiary/aromatic N) is 4. The van der Waals surface area contributed by atoms with Gasteiger partial charge in [0.2, 0.25) is 11.8 Å². The Morgan fingerprint density at radius 3 is 2.57 bits per heavy atom. The molecule has 2 aromatic rings. The molecule has 1 N–H and O–H groups in total. The summed E-state index contributed by atoms with van der Waals surface area (Å²) in [6.45, 7) is 2.24. The zero-order chi connectivity index (χ0) is 24.4. The van der Waals surface area contributed by atoms with E-state index in [-0.39, 0.29) is 18.6 Å². The summed E-state index contributed by atoms with van der Waals surface area (Å²) < 4.78 is 39.0. The summed E-state index contributed by atoms with van der Waals surface area (Å²) in [5, 5.41) is 9.70. The number of halogens is 2. The van der Waals surface area contributed by atoms with Gasteiger partial charge in [-0.1, -0.05) is 0 Å². The molecule has 10 heteroatoms. The molecule has 3 saturated heterocycles. The number of aromatic nitrogens is 2. The van der Waals surface area contributed by atoms with Crippen LogP contribution in [0, 0.1) is 11.6 Å². The number of aliphatic hydroxyl groups is 1. The fraction of sp³-hybridized carbons (Fsp3) is 0.560. The van der Waals surface area contributed by atoms with E-state index in [1.54, 1.807) is 11.0 Å². The summed E-state index contributed by atoms with van der Waals surface area (Å²) in [4.78, 5) is 25.6. The molecule has 0 unspecified atom stereocenters. The molecule has 1 amide bonds. The summed E-state index contributed by atoms with van der Waals surface area (Å²) in [5.74, 6) is -0.550. The van der Waals surface area contributed by atoms with Gasteiger partial charge in [-0.05, 0) is 37.8 Å². The van der Waals surface area contributed by atoms with Gasteiger partial charge in [-0.3, -0.25) is 4.79 Å². The molecule has 1 aromatic carbocycles. The highest BCUT2D eigenvalue weighted by atomic mass is 19.2. The highest BCUT2D eigenvalue weighted by Crippen LogP contribution is 2.42. The molecular weight excluding hydrogens is 458 g/mol. The molecule has 0 saturated carbocycles. The lowest BCUT2D eigenvalue weighted by Crippen LogP contribution is -2.60. The largest absolute Gasteiger partial charge is 0.474 e.